The summed E-state index contributed by atoms with van der Waals surface area (Å²) in [6, 6.07) is 22.5. The lowest BCUT2D eigenvalue weighted by atomic mass is 9.97. The molecule has 6 heteroatoms. The Hall–Kier alpha value is -4.68. The number of likely N-dealkylation sites (N-methyl/N-ethyl adjacent to an activating group) is 1. The second kappa shape index (κ2) is 27.9. The summed E-state index contributed by atoms with van der Waals surface area (Å²) in [6.07, 6.45) is 10.9. The van der Waals surface area contributed by atoms with Gasteiger partial charge in [-0.2, -0.15) is 0 Å². The van der Waals surface area contributed by atoms with Gasteiger partial charge in [0.25, 0.3) is 6.43 Å². The van der Waals surface area contributed by atoms with Gasteiger partial charge >= 0.3 is 0 Å². The number of benzene rings is 3. The van der Waals surface area contributed by atoms with Crippen molar-refractivity contribution < 1.29 is 13.2 Å². The van der Waals surface area contributed by atoms with E-state index >= 15 is 0 Å². The molecule has 0 atom stereocenters. The molecule has 288 valence electrons. The fraction of sp³-hybridized carbons (Fsp3) is 0.340. The molecule has 0 fully saturated rings. The zero-order chi connectivity index (χ0) is 40.3. The van der Waals surface area contributed by atoms with Gasteiger partial charge in [-0.15, -0.1) is 0 Å². The minimum atomic E-state index is -2.35. The molecule has 0 spiro atoms. The van der Waals surface area contributed by atoms with Crippen molar-refractivity contribution in [1.29, 1.82) is 0 Å². The molecule has 3 aromatic carbocycles. The molecule has 0 aliphatic heterocycles. The first-order valence-electron chi connectivity index (χ1n) is 18.3. The summed E-state index contributed by atoms with van der Waals surface area (Å²) in [5.74, 6) is 0.478. The van der Waals surface area contributed by atoms with Gasteiger partial charge in [-0.3, -0.25) is 4.90 Å². The zero-order valence-electron chi connectivity index (χ0n) is 33.8. The van der Waals surface area contributed by atoms with Crippen LogP contribution >= 0.6 is 0 Å². The van der Waals surface area contributed by atoms with Crippen LogP contribution in [0.3, 0.4) is 0 Å². The summed E-state index contributed by atoms with van der Waals surface area (Å²) in [5, 5.41) is 3.12. The number of nitrogens with zero attached hydrogens (tertiary/aromatic N) is 2. The topological polar surface area (TPSA) is 27.6 Å². The molecule has 0 saturated carbocycles. The Kier molecular flexibility index (Phi) is 25.4. The molecule has 0 unspecified atom stereocenters. The third-order valence-electron chi connectivity index (χ3n) is 7.93. The Morgan fingerprint density at radius 2 is 1.49 bits per heavy atom. The fourth-order valence-electron chi connectivity index (χ4n) is 5.12. The van der Waals surface area contributed by atoms with E-state index in [-0.39, 0.29) is 5.82 Å². The molecule has 0 bridgehead atoms. The normalized spacial score (nSPS) is 10.9. The van der Waals surface area contributed by atoms with Gasteiger partial charge in [-0.1, -0.05) is 131 Å². The first kappa shape index (κ1) is 48.3. The fourth-order valence-corrected chi connectivity index (χ4v) is 5.12. The molecule has 3 aromatic rings. The number of hydrogen-bond donors (Lipinski definition) is 1. The number of halogens is 3. The van der Waals surface area contributed by atoms with E-state index in [0.29, 0.717) is 23.5 Å². The molecule has 0 heterocycles. The van der Waals surface area contributed by atoms with Crippen molar-refractivity contribution in [3.8, 4) is 0 Å². The maximum Gasteiger partial charge on any atom is 0.256 e. The summed E-state index contributed by atoms with van der Waals surface area (Å²) >= 11 is 0. The summed E-state index contributed by atoms with van der Waals surface area (Å²) in [6.45, 7) is 31.6. The van der Waals surface area contributed by atoms with E-state index in [1.54, 1.807) is 31.2 Å². The SMILES string of the molecule is C=C(C)c1ccc(C)cc1.C=C/C=C(\N=C(C)C)Nc1ccc(F)c(C)c1.C=CC(F)F.C=Cc1ccccc1/C(=C\C)CN(C)C(CCC)CCC. The van der Waals surface area contributed by atoms with Crippen LogP contribution in [0, 0.1) is 19.7 Å². The van der Waals surface area contributed by atoms with E-state index in [1.165, 1.54) is 59.6 Å². The monoisotopic (exact) mass is 728 g/mol. The van der Waals surface area contributed by atoms with Crippen LogP contribution in [-0.4, -0.2) is 36.7 Å². The van der Waals surface area contributed by atoms with Gasteiger partial charge in [-0.25, -0.2) is 18.2 Å². The van der Waals surface area contributed by atoms with Crippen LogP contribution in [0.5, 0.6) is 0 Å². The standard InChI is InChI=1S/C20H31N.C14H17FN2.C10H12.C3H4F2/c1-6-12-19(13-7-2)21(5)16-18(9-4)20-15-11-10-14-17(20)8-3;1-5-6-14(16-10(2)3)17-12-7-8-13(15)11(4)9-12;1-8(2)10-6-4-9(3)5-7-10;1-2-3(4)5/h8-11,14-15,19H,3,6-7,12-13,16H2,1-2,4-5H3;5-9,17H,1H2,2-4H3;4-7H,1H2,2-3H3;2-3H,1H2/b18-9-;14-6+;;. The van der Waals surface area contributed by atoms with E-state index < -0.39 is 6.43 Å². The molecule has 1 N–H and O–H groups in total. The third kappa shape index (κ3) is 20.8. The van der Waals surface area contributed by atoms with E-state index in [4.69, 9.17) is 0 Å². The van der Waals surface area contributed by atoms with Gasteiger partial charge in [-0.05, 0) is 120 Å². The number of aryl methyl sites for hydroxylation is 2. The average molecular weight is 728 g/mol. The van der Waals surface area contributed by atoms with E-state index in [1.807, 2.05) is 26.8 Å². The molecule has 53 heavy (non-hydrogen) atoms. The second-order valence-electron chi connectivity index (χ2n) is 12.9. The third-order valence-corrected chi connectivity index (χ3v) is 7.93. The highest BCUT2D eigenvalue weighted by molar-refractivity contribution is 5.80. The van der Waals surface area contributed by atoms with Crippen molar-refractivity contribution in [1.82, 2.24) is 4.90 Å². The lowest BCUT2D eigenvalue weighted by Crippen LogP contribution is -2.33. The predicted molar refractivity (Wildman–Crippen MR) is 230 cm³/mol. The summed E-state index contributed by atoms with van der Waals surface area (Å²) in [5.41, 5.74) is 9.92. The number of aliphatic imine (C=N–C) groups is 1. The van der Waals surface area contributed by atoms with Crippen molar-refractivity contribution >= 4 is 28.6 Å². The molecular weight excluding hydrogens is 664 g/mol. The number of hydrogen-bond acceptors (Lipinski definition) is 3. The van der Waals surface area contributed by atoms with Crippen molar-refractivity contribution in [2.75, 3.05) is 18.9 Å². The zero-order valence-corrected chi connectivity index (χ0v) is 33.8. The maximum absolute atomic E-state index is 13.1. The van der Waals surface area contributed by atoms with Crippen LogP contribution in [0.15, 0.2) is 128 Å². The van der Waals surface area contributed by atoms with Crippen LogP contribution in [0.25, 0.3) is 17.2 Å². The number of nitrogens with one attached hydrogen (secondary N) is 1. The van der Waals surface area contributed by atoms with Crippen LogP contribution in [0.1, 0.15) is 95.0 Å². The highest BCUT2D eigenvalue weighted by Crippen LogP contribution is 2.23. The molecular formula is C47H64F3N3. The van der Waals surface area contributed by atoms with Crippen molar-refractivity contribution in [3.63, 3.8) is 0 Å². The molecule has 3 rings (SSSR count). The smallest absolute Gasteiger partial charge is 0.256 e. The van der Waals surface area contributed by atoms with Gasteiger partial charge in [0.15, 0.2) is 0 Å². The Morgan fingerprint density at radius 1 is 0.906 bits per heavy atom. The number of anilines is 1. The summed E-state index contributed by atoms with van der Waals surface area (Å²) < 4.78 is 34.4. The van der Waals surface area contributed by atoms with E-state index in [9.17, 15) is 13.2 Å². The van der Waals surface area contributed by atoms with Gasteiger partial charge in [0, 0.05) is 24.0 Å². The van der Waals surface area contributed by atoms with E-state index in [0.717, 1.165) is 23.5 Å². The van der Waals surface area contributed by atoms with Crippen LogP contribution < -0.4 is 5.32 Å². The Bertz CT molecular complexity index is 1620. The summed E-state index contributed by atoms with van der Waals surface area (Å²) in [4.78, 5) is 6.83. The number of alkyl halides is 2. The highest BCUT2D eigenvalue weighted by Gasteiger charge is 2.15. The van der Waals surface area contributed by atoms with Gasteiger partial charge < -0.3 is 5.32 Å². The predicted octanol–water partition coefficient (Wildman–Crippen LogP) is 14.2. The Morgan fingerprint density at radius 3 is 1.94 bits per heavy atom. The molecule has 0 saturated heterocycles. The van der Waals surface area contributed by atoms with Crippen LogP contribution in [0.4, 0.5) is 18.9 Å². The van der Waals surface area contributed by atoms with Crippen LogP contribution in [-0.2, 0) is 0 Å². The lowest BCUT2D eigenvalue weighted by Gasteiger charge is -2.29. The minimum absolute atomic E-state index is 0.208. The first-order chi connectivity index (χ1) is 25.2. The Labute approximate surface area is 320 Å². The minimum Gasteiger partial charge on any atom is -0.340 e. The number of allylic oxidation sites excluding steroid dienone is 5. The molecule has 0 aromatic heterocycles. The molecule has 0 amide bonds. The maximum atomic E-state index is 13.1. The van der Waals surface area contributed by atoms with Gasteiger partial charge in [0.1, 0.15) is 11.6 Å². The van der Waals surface area contributed by atoms with Gasteiger partial charge in [0.2, 0.25) is 0 Å². The molecule has 0 aliphatic rings. The van der Waals surface area contributed by atoms with Gasteiger partial charge in [0.05, 0.1) is 0 Å². The summed E-state index contributed by atoms with van der Waals surface area (Å²) in [7, 11) is 2.26. The Balaban J connectivity index is 0.000000751. The number of rotatable bonds is 15. The largest absolute Gasteiger partial charge is 0.340 e. The lowest BCUT2D eigenvalue weighted by molar-refractivity contribution is 0.204. The first-order valence-corrected chi connectivity index (χ1v) is 18.3. The molecule has 0 radical (unpaired) electrons. The quantitative estimate of drug-likeness (QED) is 0.0959. The second-order valence-corrected chi connectivity index (χ2v) is 12.9. The van der Waals surface area contributed by atoms with Crippen molar-refractivity contribution in [2.45, 2.75) is 93.5 Å². The van der Waals surface area contributed by atoms with Crippen LogP contribution in [0.2, 0.25) is 0 Å². The van der Waals surface area contributed by atoms with E-state index in [2.05, 4.69) is 131 Å². The molecule has 3 nitrogen and oxygen atoms in total. The van der Waals surface area contributed by atoms with Crippen molar-refractivity contribution in [3.05, 3.63) is 157 Å². The van der Waals surface area contributed by atoms with Crippen molar-refractivity contribution in [2.24, 2.45) is 4.99 Å². The highest BCUT2D eigenvalue weighted by atomic mass is 19.3. The average Bonchev–Trinajstić information content (AvgIpc) is 3.12. The molecule has 0 aliphatic carbocycles.